The Morgan fingerprint density at radius 2 is 1.59 bits per heavy atom. The van der Waals surface area contributed by atoms with Gasteiger partial charge in [0, 0.05) is 10.2 Å². The van der Waals surface area contributed by atoms with E-state index in [1.54, 1.807) is 36.4 Å². The molecule has 1 amide bonds. The molecule has 1 heterocycles. The molecule has 0 spiro atoms. The van der Waals surface area contributed by atoms with Gasteiger partial charge in [0.2, 0.25) is 0 Å². The molecule has 1 atom stereocenters. The third-order valence-corrected chi connectivity index (χ3v) is 4.08. The van der Waals surface area contributed by atoms with Crippen molar-refractivity contribution < 1.29 is 23.8 Å². The second-order valence-corrected chi connectivity index (χ2v) is 6.60. The molecule has 0 fully saturated rings. The third-order valence-electron chi connectivity index (χ3n) is 3.56. The Labute approximate surface area is 164 Å². The molecule has 0 saturated heterocycles. The molecule has 3 aromatic rings. The fourth-order valence-electron chi connectivity index (χ4n) is 2.20. The Kier molecular flexibility index (Phi) is 6.51. The number of anilines is 1. The highest BCUT2D eigenvalue weighted by molar-refractivity contribution is 9.10. The second-order valence-electron chi connectivity index (χ2n) is 5.69. The quantitative estimate of drug-likeness (QED) is 0.560. The van der Waals surface area contributed by atoms with Gasteiger partial charge in [0.25, 0.3) is 5.91 Å². The summed E-state index contributed by atoms with van der Waals surface area (Å²) in [6.07, 6.45) is 0.671. The van der Waals surface area contributed by atoms with E-state index < -0.39 is 6.10 Å². The highest BCUT2D eigenvalue weighted by Crippen LogP contribution is 2.18. The van der Waals surface area contributed by atoms with Crippen LogP contribution in [0.2, 0.25) is 0 Å². The smallest absolute Gasteiger partial charge is 0.291 e. The van der Waals surface area contributed by atoms with E-state index in [0.717, 1.165) is 4.47 Å². The van der Waals surface area contributed by atoms with E-state index in [2.05, 4.69) is 21.2 Å². The summed E-state index contributed by atoms with van der Waals surface area (Å²) < 4.78 is 17.0. The molecule has 0 aliphatic heterocycles. The SMILES string of the molecule is O=C(Nc1ccc(OCC(O)COc2ccc(Br)cc2)cc1)c1ccco1. The zero-order valence-corrected chi connectivity index (χ0v) is 15.9. The summed E-state index contributed by atoms with van der Waals surface area (Å²) in [6, 6.07) is 17.4. The molecule has 2 aromatic carbocycles. The number of carbonyl (C=O) groups excluding carboxylic acids is 1. The number of nitrogens with one attached hydrogen (secondary N) is 1. The number of ether oxygens (including phenoxy) is 2. The first kappa shape index (κ1) is 19.0. The van der Waals surface area contributed by atoms with Crippen molar-refractivity contribution in [2.75, 3.05) is 18.5 Å². The Morgan fingerprint density at radius 3 is 2.15 bits per heavy atom. The third kappa shape index (κ3) is 5.87. The van der Waals surface area contributed by atoms with Crippen LogP contribution in [0.25, 0.3) is 0 Å². The van der Waals surface area contributed by atoms with Gasteiger partial charge in [0.1, 0.15) is 30.8 Å². The standard InChI is InChI=1S/C20H18BrNO5/c21-14-3-7-17(8-4-14)26-12-16(23)13-27-18-9-5-15(6-10-18)22-20(24)19-2-1-11-25-19/h1-11,16,23H,12-13H2,(H,22,24). The van der Waals surface area contributed by atoms with Crippen LogP contribution in [0.1, 0.15) is 10.6 Å². The monoisotopic (exact) mass is 431 g/mol. The van der Waals surface area contributed by atoms with Crippen LogP contribution in [0.15, 0.2) is 75.8 Å². The number of furan rings is 1. The Morgan fingerprint density at radius 1 is 1.00 bits per heavy atom. The minimum absolute atomic E-state index is 0.0919. The highest BCUT2D eigenvalue weighted by atomic mass is 79.9. The predicted molar refractivity (Wildman–Crippen MR) is 104 cm³/mol. The molecule has 0 radical (unpaired) electrons. The van der Waals surface area contributed by atoms with Gasteiger partial charge in [0.15, 0.2) is 5.76 Å². The van der Waals surface area contributed by atoms with Crippen molar-refractivity contribution in [2.24, 2.45) is 0 Å². The van der Waals surface area contributed by atoms with Gasteiger partial charge in [-0.1, -0.05) is 15.9 Å². The predicted octanol–water partition coefficient (Wildman–Crippen LogP) is 4.11. The van der Waals surface area contributed by atoms with Crippen LogP contribution in [-0.2, 0) is 0 Å². The molecule has 27 heavy (non-hydrogen) atoms. The van der Waals surface area contributed by atoms with Crippen LogP contribution in [-0.4, -0.2) is 30.3 Å². The zero-order chi connectivity index (χ0) is 19.1. The molecule has 6 nitrogen and oxygen atoms in total. The molecule has 0 bridgehead atoms. The minimum Gasteiger partial charge on any atom is -0.491 e. The van der Waals surface area contributed by atoms with Crippen molar-refractivity contribution >= 4 is 27.5 Å². The summed E-state index contributed by atoms with van der Waals surface area (Å²) in [4.78, 5) is 11.9. The van der Waals surface area contributed by atoms with E-state index in [9.17, 15) is 9.90 Å². The van der Waals surface area contributed by atoms with Crippen molar-refractivity contribution in [3.63, 3.8) is 0 Å². The maximum Gasteiger partial charge on any atom is 0.291 e. The lowest BCUT2D eigenvalue weighted by Crippen LogP contribution is -2.25. The number of benzene rings is 2. The molecule has 7 heteroatoms. The molecule has 0 aliphatic rings. The Bertz CT molecular complexity index is 847. The van der Waals surface area contributed by atoms with E-state index in [4.69, 9.17) is 13.9 Å². The van der Waals surface area contributed by atoms with Gasteiger partial charge in [-0.25, -0.2) is 0 Å². The molecular formula is C20H18BrNO5. The zero-order valence-electron chi connectivity index (χ0n) is 14.3. The molecule has 3 rings (SSSR count). The van der Waals surface area contributed by atoms with Gasteiger partial charge in [-0.05, 0) is 60.7 Å². The molecule has 1 aromatic heterocycles. The summed E-state index contributed by atoms with van der Waals surface area (Å²) in [7, 11) is 0. The normalized spacial score (nSPS) is 11.6. The summed E-state index contributed by atoms with van der Waals surface area (Å²) in [5.74, 6) is 1.17. The van der Waals surface area contributed by atoms with Gasteiger partial charge in [-0.15, -0.1) is 0 Å². The number of amides is 1. The van der Waals surface area contributed by atoms with Crippen LogP contribution < -0.4 is 14.8 Å². The summed E-state index contributed by atoms with van der Waals surface area (Å²) in [5, 5.41) is 12.7. The molecule has 0 aliphatic carbocycles. The molecule has 2 N–H and O–H groups in total. The lowest BCUT2D eigenvalue weighted by molar-refractivity contribution is 0.0626. The highest BCUT2D eigenvalue weighted by Gasteiger charge is 2.09. The van der Waals surface area contributed by atoms with Gasteiger partial charge >= 0.3 is 0 Å². The lowest BCUT2D eigenvalue weighted by Gasteiger charge is -2.14. The van der Waals surface area contributed by atoms with Crippen molar-refractivity contribution in [3.8, 4) is 11.5 Å². The van der Waals surface area contributed by atoms with Crippen LogP contribution in [0.5, 0.6) is 11.5 Å². The minimum atomic E-state index is -0.771. The number of carbonyl (C=O) groups is 1. The number of hydrogen-bond acceptors (Lipinski definition) is 5. The number of rotatable bonds is 8. The molecular weight excluding hydrogens is 414 g/mol. The van der Waals surface area contributed by atoms with E-state index in [1.807, 2.05) is 24.3 Å². The first-order chi connectivity index (χ1) is 13.1. The average molecular weight is 432 g/mol. The maximum atomic E-state index is 11.9. The molecule has 1 unspecified atom stereocenters. The lowest BCUT2D eigenvalue weighted by atomic mass is 10.3. The van der Waals surface area contributed by atoms with Gasteiger partial charge in [-0.3, -0.25) is 4.79 Å². The summed E-state index contributed by atoms with van der Waals surface area (Å²) >= 11 is 3.35. The molecule has 0 saturated carbocycles. The largest absolute Gasteiger partial charge is 0.491 e. The van der Waals surface area contributed by atoms with Gasteiger partial charge in [-0.2, -0.15) is 0 Å². The van der Waals surface area contributed by atoms with E-state index in [-0.39, 0.29) is 24.9 Å². The Hall–Kier alpha value is -2.77. The first-order valence-electron chi connectivity index (χ1n) is 8.24. The van der Waals surface area contributed by atoms with Gasteiger partial charge < -0.3 is 24.3 Å². The van der Waals surface area contributed by atoms with Crippen molar-refractivity contribution in [2.45, 2.75) is 6.10 Å². The Balaban J connectivity index is 1.42. The molecule has 140 valence electrons. The van der Waals surface area contributed by atoms with Crippen LogP contribution in [0, 0.1) is 0 Å². The maximum absolute atomic E-state index is 11.9. The second kappa shape index (κ2) is 9.25. The van der Waals surface area contributed by atoms with Crippen LogP contribution in [0.3, 0.4) is 0 Å². The van der Waals surface area contributed by atoms with Crippen LogP contribution in [0.4, 0.5) is 5.69 Å². The summed E-state index contributed by atoms with van der Waals surface area (Å²) in [5.41, 5.74) is 0.614. The van der Waals surface area contributed by atoms with Crippen molar-refractivity contribution in [3.05, 3.63) is 77.2 Å². The number of halogens is 1. The number of aliphatic hydroxyl groups excluding tert-OH is 1. The van der Waals surface area contributed by atoms with E-state index >= 15 is 0 Å². The fraction of sp³-hybridized carbons (Fsp3) is 0.150. The first-order valence-corrected chi connectivity index (χ1v) is 9.03. The van der Waals surface area contributed by atoms with E-state index in [1.165, 1.54) is 6.26 Å². The average Bonchev–Trinajstić information content (AvgIpc) is 3.22. The fourth-order valence-corrected chi connectivity index (χ4v) is 2.46. The van der Waals surface area contributed by atoms with Crippen molar-refractivity contribution in [1.29, 1.82) is 0 Å². The van der Waals surface area contributed by atoms with Gasteiger partial charge in [0.05, 0.1) is 6.26 Å². The van der Waals surface area contributed by atoms with Crippen molar-refractivity contribution in [1.82, 2.24) is 0 Å². The van der Waals surface area contributed by atoms with E-state index in [0.29, 0.717) is 17.2 Å². The topological polar surface area (TPSA) is 80.9 Å². The summed E-state index contributed by atoms with van der Waals surface area (Å²) in [6.45, 7) is 0.216. The number of aliphatic hydroxyl groups is 1. The van der Waals surface area contributed by atoms with Crippen LogP contribution >= 0.6 is 15.9 Å². The number of hydrogen-bond donors (Lipinski definition) is 2.